The Kier molecular flexibility index (Phi) is 5.63. The van der Waals surface area contributed by atoms with E-state index in [9.17, 15) is 10.1 Å². The molecule has 0 aromatic heterocycles. The first-order valence-electron chi connectivity index (χ1n) is 6.14. The molecule has 17 heavy (non-hydrogen) atoms. The molecule has 1 N–H and O–H groups in total. The van der Waals surface area contributed by atoms with Gasteiger partial charge in [-0.1, -0.05) is 26.0 Å². The largest absolute Gasteiger partial charge is 0.314 e. The Bertz CT molecular complexity index is 345. The Morgan fingerprint density at radius 2 is 1.82 bits per heavy atom. The number of non-ortho nitro benzene ring substituents is 1. The monoisotopic (exact) mass is 236 g/mol. The summed E-state index contributed by atoms with van der Waals surface area (Å²) in [5, 5.41) is 14.0. The fourth-order valence-corrected chi connectivity index (χ4v) is 1.78. The lowest BCUT2D eigenvalue weighted by molar-refractivity contribution is -0.384. The summed E-state index contributed by atoms with van der Waals surface area (Å²) in [6.07, 6.45) is 3.18. The van der Waals surface area contributed by atoms with E-state index in [1.54, 1.807) is 12.1 Å². The smallest absolute Gasteiger partial charge is 0.269 e. The van der Waals surface area contributed by atoms with Crippen molar-refractivity contribution < 1.29 is 4.92 Å². The van der Waals surface area contributed by atoms with Crippen LogP contribution in [0.1, 0.15) is 32.3 Å². The van der Waals surface area contributed by atoms with Crippen LogP contribution in [0.2, 0.25) is 0 Å². The van der Waals surface area contributed by atoms with E-state index in [2.05, 4.69) is 19.2 Å². The van der Waals surface area contributed by atoms with Crippen molar-refractivity contribution in [3.05, 3.63) is 39.9 Å². The minimum absolute atomic E-state index is 0.154. The van der Waals surface area contributed by atoms with E-state index in [0.717, 1.165) is 31.4 Å². The van der Waals surface area contributed by atoms with Crippen molar-refractivity contribution in [1.82, 2.24) is 5.32 Å². The molecule has 0 unspecified atom stereocenters. The summed E-state index contributed by atoms with van der Waals surface area (Å²) in [6.45, 7) is 5.27. The van der Waals surface area contributed by atoms with Gasteiger partial charge in [0.15, 0.2) is 0 Å². The van der Waals surface area contributed by atoms with Gasteiger partial charge in [-0.25, -0.2) is 0 Å². The Balaban J connectivity index is 2.39. The molecule has 0 atom stereocenters. The Morgan fingerprint density at radius 1 is 1.24 bits per heavy atom. The summed E-state index contributed by atoms with van der Waals surface area (Å²) in [7, 11) is 0. The molecular formula is C13H20N2O2. The van der Waals surface area contributed by atoms with Crippen LogP contribution < -0.4 is 5.32 Å². The number of hydrogen-bond acceptors (Lipinski definition) is 3. The Morgan fingerprint density at radius 3 is 2.29 bits per heavy atom. The molecule has 0 amide bonds. The molecule has 0 radical (unpaired) electrons. The first-order chi connectivity index (χ1) is 8.17. The van der Waals surface area contributed by atoms with Crippen LogP contribution in [0.15, 0.2) is 24.3 Å². The molecule has 0 heterocycles. The molecule has 0 saturated carbocycles. The molecule has 0 aliphatic rings. The van der Waals surface area contributed by atoms with Crippen molar-refractivity contribution in [3.63, 3.8) is 0 Å². The Labute approximate surface area is 102 Å². The predicted molar refractivity (Wildman–Crippen MR) is 69.2 cm³/mol. The summed E-state index contributed by atoms with van der Waals surface area (Å²) in [5.74, 6) is 0. The van der Waals surface area contributed by atoms with Crippen molar-refractivity contribution in [2.45, 2.75) is 39.2 Å². The number of benzene rings is 1. The van der Waals surface area contributed by atoms with Crippen molar-refractivity contribution >= 4 is 5.69 Å². The normalized spacial score (nSPS) is 10.8. The molecule has 0 aliphatic heterocycles. The Hall–Kier alpha value is -1.42. The second kappa shape index (κ2) is 7.01. The molecule has 1 rings (SSSR count). The van der Waals surface area contributed by atoms with Gasteiger partial charge in [0.25, 0.3) is 5.69 Å². The number of hydrogen-bond donors (Lipinski definition) is 1. The zero-order valence-corrected chi connectivity index (χ0v) is 10.5. The van der Waals surface area contributed by atoms with E-state index >= 15 is 0 Å². The molecular weight excluding hydrogens is 216 g/mol. The summed E-state index contributed by atoms with van der Waals surface area (Å²) in [4.78, 5) is 10.1. The summed E-state index contributed by atoms with van der Waals surface area (Å²) in [5.41, 5.74) is 1.29. The van der Waals surface area contributed by atoms with E-state index < -0.39 is 0 Å². The minimum atomic E-state index is -0.369. The lowest BCUT2D eigenvalue weighted by atomic mass is 10.1. The maximum absolute atomic E-state index is 10.5. The number of nitrogens with one attached hydrogen (secondary N) is 1. The molecule has 0 spiro atoms. The van der Waals surface area contributed by atoms with Crippen LogP contribution in [0.5, 0.6) is 0 Å². The number of nitro benzene ring substituents is 1. The van der Waals surface area contributed by atoms with Gasteiger partial charge in [-0.3, -0.25) is 10.1 Å². The molecule has 4 nitrogen and oxygen atoms in total. The van der Waals surface area contributed by atoms with Gasteiger partial charge in [-0.05, 0) is 31.4 Å². The van der Waals surface area contributed by atoms with Gasteiger partial charge in [0.2, 0.25) is 0 Å². The zero-order valence-electron chi connectivity index (χ0n) is 10.5. The van der Waals surface area contributed by atoms with Gasteiger partial charge in [0, 0.05) is 18.2 Å². The van der Waals surface area contributed by atoms with Gasteiger partial charge in [-0.15, -0.1) is 0 Å². The molecule has 0 saturated heterocycles. The summed E-state index contributed by atoms with van der Waals surface area (Å²) in [6, 6.07) is 7.35. The molecule has 0 bridgehead atoms. The number of rotatable bonds is 7. The van der Waals surface area contributed by atoms with Crippen LogP contribution in [-0.4, -0.2) is 17.5 Å². The van der Waals surface area contributed by atoms with E-state index in [1.165, 1.54) is 0 Å². The lowest BCUT2D eigenvalue weighted by Gasteiger charge is -2.14. The average Bonchev–Trinajstić information content (AvgIpc) is 2.35. The third-order valence-electron chi connectivity index (χ3n) is 2.98. The first kappa shape index (κ1) is 13.6. The third kappa shape index (κ3) is 4.53. The molecule has 0 fully saturated rings. The average molecular weight is 236 g/mol. The van der Waals surface area contributed by atoms with Crippen molar-refractivity contribution in [2.75, 3.05) is 6.54 Å². The van der Waals surface area contributed by atoms with Crippen LogP contribution >= 0.6 is 0 Å². The number of nitrogens with zero attached hydrogens (tertiary/aromatic N) is 1. The van der Waals surface area contributed by atoms with E-state index in [-0.39, 0.29) is 10.6 Å². The SMILES string of the molecule is CCC(CC)NCCc1ccc([N+](=O)[O-])cc1. The minimum Gasteiger partial charge on any atom is -0.314 e. The van der Waals surface area contributed by atoms with Gasteiger partial charge < -0.3 is 5.32 Å². The van der Waals surface area contributed by atoms with Gasteiger partial charge >= 0.3 is 0 Å². The highest BCUT2D eigenvalue weighted by Crippen LogP contribution is 2.12. The number of nitro groups is 1. The first-order valence-corrected chi connectivity index (χ1v) is 6.14. The van der Waals surface area contributed by atoms with Crippen molar-refractivity contribution in [1.29, 1.82) is 0 Å². The van der Waals surface area contributed by atoms with Crippen molar-refractivity contribution in [3.8, 4) is 0 Å². The molecule has 1 aromatic carbocycles. The van der Waals surface area contributed by atoms with Gasteiger partial charge in [-0.2, -0.15) is 0 Å². The zero-order chi connectivity index (χ0) is 12.7. The molecule has 94 valence electrons. The highest BCUT2D eigenvalue weighted by molar-refractivity contribution is 5.32. The van der Waals surface area contributed by atoms with Crippen LogP contribution in [-0.2, 0) is 6.42 Å². The quantitative estimate of drug-likeness (QED) is 0.585. The standard InChI is InChI=1S/C13H20N2O2/c1-3-12(4-2)14-10-9-11-5-7-13(8-6-11)15(16)17/h5-8,12,14H,3-4,9-10H2,1-2H3. The van der Waals surface area contributed by atoms with Crippen LogP contribution in [0, 0.1) is 10.1 Å². The van der Waals surface area contributed by atoms with E-state index in [1.807, 2.05) is 12.1 Å². The molecule has 0 aliphatic carbocycles. The fourth-order valence-electron chi connectivity index (χ4n) is 1.78. The van der Waals surface area contributed by atoms with E-state index in [4.69, 9.17) is 0 Å². The highest BCUT2D eigenvalue weighted by Gasteiger charge is 2.04. The predicted octanol–water partition coefficient (Wildman–Crippen LogP) is 2.92. The second-order valence-electron chi connectivity index (χ2n) is 4.14. The lowest BCUT2D eigenvalue weighted by Crippen LogP contribution is -2.29. The second-order valence-corrected chi connectivity index (χ2v) is 4.14. The van der Waals surface area contributed by atoms with Gasteiger partial charge in [0.05, 0.1) is 4.92 Å². The molecule has 1 aromatic rings. The van der Waals surface area contributed by atoms with Crippen LogP contribution in [0.4, 0.5) is 5.69 Å². The maximum Gasteiger partial charge on any atom is 0.269 e. The maximum atomic E-state index is 10.5. The van der Waals surface area contributed by atoms with E-state index in [0.29, 0.717) is 6.04 Å². The van der Waals surface area contributed by atoms with Gasteiger partial charge in [0.1, 0.15) is 0 Å². The third-order valence-corrected chi connectivity index (χ3v) is 2.98. The van der Waals surface area contributed by atoms with Crippen LogP contribution in [0.25, 0.3) is 0 Å². The van der Waals surface area contributed by atoms with Crippen molar-refractivity contribution in [2.24, 2.45) is 0 Å². The topological polar surface area (TPSA) is 55.2 Å². The highest BCUT2D eigenvalue weighted by atomic mass is 16.6. The molecule has 4 heteroatoms. The fraction of sp³-hybridized carbons (Fsp3) is 0.538. The summed E-state index contributed by atoms with van der Waals surface area (Å²) >= 11 is 0. The summed E-state index contributed by atoms with van der Waals surface area (Å²) < 4.78 is 0. The van der Waals surface area contributed by atoms with Crippen LogP contribution in [0.3, 0.4) is 0 Å².